The van der Waals surface area contributed by atoms with Crippen molar-refractivity contribution in [2.75, 3.05) is 61.1 Å². The second-order valence-corrected chi connectivity index (χ2v) is 9.69. The molecule has 7 heteroatoms. The Bertz CT molecular complexity index is 1080. The van der Waals surface area contributed by atoms with Crippen molar-refractivity contribution in [2.45, 2.75) is 18.3 Å². The molecule has 3 aromatic rings. The fourth-order valence-corrected chi connectivity index (χ4v) is 5.22. The lowest BCUT2D eigenvalue weighted by Gasteiger charge is -2.38. The molecular weight excluding hydrogens is 454 g/mol. The number of hydrogen-bond donors (Lipinski definition) is 2. The van der Waals surface area contributed by atoms with Crippen LogP contribution in [0, 0.1) is 0 Å². The van der Waals surface area contributed by atoms with E-state index in [1.54, 1.807) is 0 Å². The van der Waals surface area contributed by atoms with Crippen molar-refractivity contribution in [2.24, 2.45) is 0 Å². The van der Waals surface area contributed by atoms with Crippen LogP contribution in [0.25, 0.3) is 0 Å². The first-order valence-corrected chi connectivity index (χ1v) is 12.8. The summed E-state index contributed by atoms with van der Waals surface area (Å²) in [5.74, 6) is 1.01. The molecule has 2 aliphatic rings. The summed E-state index contributed by atoms with van der Waals surface area (Å²) in [5.41, 5.74) is 3.57. The van der Waals surface area contributed by atoms with Gasteiger partial charge in [-0.05, 0) is 54.9 Å². The number of ether oxygens (including phenoxy) is 1. The molecule has 2 aromatic carbocycles. The molecule has 5 rings (SSSR count). The van der Waals surface area contributed by atoms with Gasteiger partial charge in [0.05, 0.1) is 11.9 Å². The van der Waals surface area contributed by atoms with Crippen LogP contribution in [0.1, 0.15) is 18.4 Å². The number of piperazine rings is 1. The summed E-state index contributed by atoms with van der Waals surface area (Å²) < 4.78 is 5.65. The average Bonchev–Trinajstić information content (AvgIpc) is 2.94. The summed E-state index contributed by atoms with van der Waals surface area (Å²) in [6.07, 6.45) is 3.84. The SMILES string of the molecule is S=C(NCC1(c2ccccc2)CCOCC1)Nc1ccc(N2CCN(c3ccccc3)CC2)nc1. The van der Waals surface area contributed by atoms with Gasteiger partial charge in [0.1, 0.15) is 5.82 Å². The predicted octanol–water partition coefficient (Wildman–Crippen LogP) is 4.44. The molecule has 6 nitrogen and oxygen atoms in total. The minimum atomic E-state index is 0.0370. The Morgan fingerprint density at radius 1 is 0.857 bits per heavy atom. The van der Waals surface area contributed by atoms with Gasteiger partial charge < -0.3 is 25.2 Å². The number of benzene rings is 2. The molecule has 2 fully saturated rings. The molecule has 0 bridgehead atoms. The molecule has 0 radical (unpaired) electrons. The fraction of sp³-hybridized carbons (Fsp3) is 0.357. The van der Waals surface area contributed by atoms with Gasteiger partial charge in [0.2, 0.25) is 0 Å². The Hall–Kier alpha value is -3.16. The minimum absolute atomic E-state index is 0.0370. The van der Waals surface area contributed by atoms with Crippen molar-refractivity contribution in [3.05, 3.63) is 84.6 Å². The van der Waals surface area contributed by atoms with Crippen molar-refractivity contribution >= 4 is 34.5 Å². The van der Waals surface area contributed by atoms with Crippen molar-refractivity contribution in [1.29, 1.82) is 0 Å². The Morgan fingerprint density at radius 3 is 2.17 bits per heavy atom. The van der Waals surface area contributed by atoms with Crippen LogP contribution in [-0.2, 0) is 10.2 Å². The number of pyridine rings is 1. The van der Waals surface area contributed by atoms with Crippen molar-refractivity contribution in [3.8, 4) is 0 Å². The van der Waals surface area contributed by atoms with Crippen LogP contribution in [0.2, 0.25) is 0 Å². The summed E-state index contributed by atoms with van der Waals surface area (Å²) in [7, 11) is 0. The minimum Gasteiger partial charge on any atom is -0.381 e. The number of anilines is 3. The van der Waals surface area contributed by atoms with Gasteiger partial charge >= 0.3 is 0 Å². The van der Waals surface area contributed by atoms with Gasteiger partial charge in [-0.1, -0.05) is 48.5 Å². The Morgan fingerprint density at radius 2 is 1.51 bits per heavy atom. The molecule has 0 spiro atoms. The van der Waals surface area contributed by atoms with Gasteiger partial charge in [-0.3, -0.25) is 0 Å². The lowest BCUT2D eigenvalue weighted by Crippen LogP contribution is -2.46. The van der Waals surface area contributed by atoms with E-state index in [1.165, 1.54) is 11.3 Å². The van der Waals surface area contributed by atoms with Gasteiger partial charge in [-0.25, -0.2) is 4.98 Å². The van der Waals surface area contributed by atoms with Crippen LogP contribution in [-0.4, -0.2) is 56.0 Å². The van der Waals surface area contributed by atoms with E-state index >= 15 is 0 Å². The van der Waals surface area contributed by atoms with E-state index in [4.69, 9.17) is 21.9 Å². The monoisotopic (exact) mass is 487 g/mol. The van der Waals surface area contributed by atoms with E-state index in [-0.39, 0.29) is 5.41 Å². The van der Waals surface area contributed by atoms with E-state index in [0.29, 0.717) is 5.11 Å². The summed E-state index contributed by atoms with van der Waals surface area (Å²) in [6.45, 7) is 6.24. The molecule has 0 unspecified atom stereocenters. The van der Waals surface area contributed by atoms with Crippen LogP contribution >= 0.6 is 12.2 Å². The van der Waals surface area contributed by atoms with Crippen LogP contribution in [0.5, 0.6) is 0 Å². The number of nitrogens with zero attached hydrogens (tertiary/aromatic N) is 3. The van der Waals surface area contributed by atoms with Crippen LogP contribution in [0.3, 0.4) is 0 Å². The third kappa shape index (κ3) is 5.74. The molecule has 0 saturated carbocycles. The largest absolute Gasteiger partial charge is 0.381 e. The number of rotatable bonds is 6. The molecule has 0 atom stereocenters. The molecule has 0 aliphatic carbocycles. The first-order chi connectivity index (χ1) is 17.2. The molecule has 2 saturated heterocycles. The molecule has 182 valence electrons. The summed E-state index contributed by atoms with van der Waals surface area (Å²) in [6, 6.07) is 25.5. The van der Waals surface area contributed by atoms with E-state index in [0.717, 1.165) is 70.3 Å². The molecular formula is C28H33N5OS. The Balaban J connectivity index is 1.14. The first kappa shape index (κ1) is 23.6. The highest BCUT2D eigenvalue weighted by molar-refractivity contribution is 7.80. The maximum atomic E-state index is 5.65. The Kier molecular flexibility index (Phi) is 7.45. The smallest absolute Gasteiger partial charge is 0.170 e. The Labute approximate surface area is 213 Å². The lowest BCUT2D eigenvalue weighted by atomic mass is 9.74. The maximum Gasteiger partial charge on any atom is 0.170 e. The third-order valence-electron chi connectivity index (χ3n) is 7.15. The van der Waals surface area contributed by atoms with Crippen LogP contribution in [0.4, 0.5) is 17.2 Å². The normalized spacial score (nSPS) is 17.6. The number of para-hydroxylation sites is 1. The van der Waals surface area contributed by atoms with Gasteiger partial charge in [-0.2, -0.15) is 0 Å². The van der Waals surface area contributed by atoms with E-state index < -0.39 is 0 Å². The van der Waals surface area contributed by atoms with Gasteiger partial charge in [0, 0.05) is 57.0 Å². The van der Waals surface area contributed by atoms with E-state index in [2.05, 4.69) is 93.2 Å². The first-order valence-electron chi connectivity index (χ1n) is 12.4. The molecule has 2 N–H and O–H groups in total. The number of hydrogen-bond acceptors (Lipinski definition) is 5. The zero-order chi connectivity index (χ0) is 23.9. The molecule has 3 heterocycles. The zero-order valence-corrected chi connectivity index (χ0v) is 20.8. The van der Waals surface area contributed by atoms with Crippen molar-refractivity contribution in [1.82, 2.24) is 10.3 Å². The molecule has 2 aliphatic heterocycles. The summed E-state index contributed by atoms with van der Waals surface area (Å²) in [5, 5.41) is 7.39. The topological polar surface area (TPSA) is 52.7 Å². The van der Waals surface area contributed by atoms with Crippen molar-refractivity contribution < 1.29 is 4.74 Å². The molecule has 0 amide bonds. The quantitative estimate of drug-likeness (QED) is 0.499. The predicted molar refractivity (Wildman–Crippen MR) is 148 cm³/mol. The van der Waals surface area contributed by atoms with E-state index in [1.807, 2.05) is 6.20 Å². The maximum absolute atomic E-state index is 5.65. The van der Waals surface area contributed by atoms with E-state index in [9.17, 15) is 0 Å². The molecule has 35 heavy (non-hydrogen) atoms. The fourth-order valence-electron chi connectivity index (χ4n) is 5.03. The highest BCUT2D eigenvalue weighted by atomic mass is 32.1. The third-order valence-corrected chi connectivity index (χ3v) is 7.40. The van der Waals surface area contributed by atoms with Crippen molar-refractivity contribution in [3.63, 3.8) is 0 Å². The standard InChI is InChI=1S/C28H33N5OS/c35-27(30-22-28(13-19-34-20-14-28)23-7-3-1-4-8-23)31-24-11-12-26(29-21-24)33-17-15-32(16-18-33)25-9-5-2-6-10-25/h1-12,21H,13-20,22H2,(H2,30,31,35). The number of aromatic nitrogens is 1. The second-order valence-electron chi connectivity index (χ2n) is 9.28. The van der Waals surface area contributed by atoms with Gasteiger partial charge in [0.25, 0.3) is 0 Å². The summed E-state index contributed by atoms with van der Waals surface area (Å²) >= 11 is 5.62. The average molecular weight is 488 g/mol. The van der Waals surface area contributed by atoms with Crippen LogP contribution < -0.4 is 20.4 Å². The zero-order valence-electron chi connectivity index (χ0n) is 20.0. The lowest BCUT2D eigenvalue weighted by molar-refractivity contribution is 0.0515. The highest BCUT2D eigenvalue weighted by Crippen LogP contribution is 2.34. The molecule has 1 aromatic heterocycles. The van der Waals surface area contributed by atoms with Crippen LogP contribution in [0.15, 0.2) is 79.0 Å². The van der Waals surface area contributed by atoms with Gasteiger partial charge in [0.15, 0.2) is 5.11 Å². The summed E-state index contributed by atoms with van der Waals surface area (Å²) in [4.78, 5) is 9.47. The van der Waals surface area contributed by atoms with Gasteiger partial charge in [-0.15, -0.1) is 0 Å². The number of nitrogens with one attached hydrogen (secondary N) is 2. The highest BCUT2D eigenvalue weighted by Gasteiger charge is 2.34. The number of thiocarbonyl (C=S) groups is 1. The second kappa shape index (κ2) is 11.1.